The Kier molecular flexibility index (Phi) is 5.48. The van der Waals surface area contributed by atoms with E-state index in [-0.39, 0.29) is 18.7 Å². The lowest BCUT2D eigenvalue weighted by molar-refractivity contribution is -0.136. The first-order valence-electron chi connectivity index (χ1n) is 5.68. The standard InChI is InChI=1S/C13H17NO4/c1-9(15)6-10-4-2-3-5-11(10)7-12(16)14-8-13(17)18/h2-5,12,14,16H,6-8H2,1H3,(H,17,18). The number of ketones is 1. The third-order valence-electron chi connectivity index (χ3n) is 2.46. The zero-order valence-corrected chi connectivity index (χ0v) is 10.2. The summed E-state index contributed by atoms with van der Waals surface area (Å²) in [5, 5.41) is 20.6. The molecule has 1 aromatic carbocycles. The molecule has 98 valence electrons. The molecule has 1 rings (SSSR count). The highest BCUT2D eigenvalue weighted by Crippen LogP contribution is 2.11. The van der Waals surface area contributed by atoms with E-state index in [1.54, 1.807) is 0 Å². The van der Waals surface area contributed by atoms with Crippen LogP contribution in [0.15, 0.2) is 24.3 Å². The molecule has 0 spiro atoms. The number of carboxylic acids is 1. The fourth-order valence-electron chi connectivity index (χ4n) is 1.68. The third-order valence-corrected chi connectivity index (χ3v) is 2.46. The van der Waals surface area contributed by atoms with Gasteiger partial charge in [-0.2, -0.15) is 0 Å². The van der Waals surface area contributed by atoms with E-state index in [9.17, 15) is 14.7 Å². The van der Waals surface area contributed by atoms with Crippen LogP contribution in [0.2, 0.25) is 0 Å². The maximum atomic E-state index is 11.1. The minimum Gasteiger partial charge on any atom is -0.480 e. The first kappa shape index (κ1) is 14.3. The molecule has 0 radical (unpaired) electrons. The van der Waals surface area contributed by atoms with Crippen molar-refractivity contribution in [3.05, 3.63) is 35.4 Å². The van der Waals surface area contributed by atoms with Crippen LogP contribution in [0, 0.1) is 0 Å². The lowest BCUT2D eigenvalue weighted by Crippen LogP contribution is -2.35. The van der Waals surface area contributed by atoms with Crippen molar-refractivity contribution in [1.29, 1.82) is 0 Å². The van der Waals surface area contributed by atoms with Gasteiger partial charge in [-0.15, -0.1) is 0 Å². The lowest BCUT2D eigenvalue weighted by Gasteiger charge is -2.14. The van der Waals surface area contributed by atoms with Crippen LogP contribution < -0.4 is 5.32 Å². The largest absolute Gasteiger partial charge is 0.480 e. The van der Waals surface area contributed by atoms with Crippen molar-refractivity contribution in [3.8, 4) is 0 Å². The van der Waals surface area contributed by atoms with Crippen LogP contribution in [0.25, 0.3) is 0 Å². The number of hydrogen-bond acceptors (Lipinski definition) is 4. The predicted octanol–water partition coefficient (Wildman–Crippen LogP) is 0.353. The van der Waals surface area contributed by atoms with E-state index < -0.39 is 12.2 Å². The molecule has 5 nitrogen and oxygen atoms in total. The molecule has 0 saturated heterocycles. The van der Waals surface area contributed by atoms with Crippen LogP contribution in [0.1, 0.15) is 18.1 Å². The van der Waals surface area contributed by atoms with Crippen LogP contribution in [0.5, 0.6) is 0 Å². The zero-order chi connectivity index (χ0) is 13.5. The van der Waals surface area contributed by atoms with Gasteiger partial charge in [0.25, 0.3) is 0 Å². The Hall–Kier alpha value is -1.72. The van der Waals surface area contributed by atoms with Gasteiger partial charge < -0.3 is 10.2 Å². The molecule has 3 N–H and O–H groups in total. The number of aliphatic carboxylic acids is 1. The number of carboxylic acid groups (broad SMARTS) is 1. The molecule has 0 heterocycles. The third kappa shape index (κ3) is 5.07. The zero-order valence-electron chi connectivity index (χ0n) is 10.2. The van der Waals surface area contributed by atoms with Crippen molar-refractivity contribution < 1.29 is 19.8 Å². The van der Waals surface area contributed by atoms with Gasteiger partial charge in [-0.25, -0.2) is 0 Å². The van der Waals surface area contributed by atoms with Gasteiger partial charge in [0.2, 0.25) is 0 Å². The fraction of sp³-hybridized carbons (Fsp3) is 0.385. The van der Waals surface area contributed by atoms with Gasteiger partial charge >= 0.3 is 5.97 Å². The van der Waals surface area contributed by atoms with E-state index in [1.165, 1.54) is 6.92 Å². The lowest BCUT2D eigenvalue weighted by atomic mass is 10.00. The Morgan fingerprint density at radius 2 is 1.89 bits per heavy atom. The van der Waals surface area contributed by atoms with Crippen LogP contribution in [-0.2, 0) is 22.4 Å². The Labute approximate surface area is 105 Å². The van der Waals surface area contributed by atoms with E-state index in [0.29, 0.717) is 6.42 Å². The fourth-order valence-corrected chi connectivity index (χ4v) is 1.68. The molecule has 1 atom stereocenters. The summed E-state index contributed by atoms with van der Waals surface area (Å²) in [7, 11) is 0. The van der Waals surface area contributed by atoms with E-state index in [1.807, 2.05) is 24.3 Å². The van der Waals surface area contributed by atoms with Gasteiger partial charge in [0.15, 0.2) is 0 Å². The Balaban J connectivity index is 2.65. The Morgan fingerprint density at radius 1 is 1.28 bits per heavy atom. The number of aliphatic hydroxyl groups is 1. The quantitative estimate of drug-likeness (QED) is 0.609. The summed E-state index contributed by atoms with van der Waals surface area (Å²) in [6, 6.07) is 7.31. The minimum absolute atomic E-state index is 0.0513. The van der Waals surface area contributed by atoms with Crippen molar-refractivity contribution in [2.75, 3.05) is 6.54 Å². The molecular weight excluding hydrogens is 234 g/mol. The molecule has 0 bridgehead atoms. The average molecular weight is 251 g/mol. The van der Waals surface area contributed by atoms with Crippen molar-refractivity contribution >= 4 is 11.8 Å². The molecule has 18 heavy (non-hydrogen) atoms. The number of aliphatic hydroxyl groups excluding tert-OH is 1. The summed E-state index contributed by atoms with van der Waals surface area (Å²) in [4.78, 5) is 21.5. The maximum absolute atomic E-state index is 11.1. The van der Waals surface area contributed by atoms with Crippen molar-refractivity contribution in [3.63, 3.8) is 0 Å². The van der Waals surface area contributed by atoms with E-state index >= 15 is 0 Å². The molecule has 0 aliphatic rings. The van der Waals surface area contributed by atoms with Crippen molar-refractivity contribution in [2.45, 2.75) is 26.0 Å². The highest BCUT2D eigenvalue weighted by molar-refractivity contribution is 5.78. The molecule has 0 aliphatic carbocycles. The number of carbonyl (C=O) groups is 2. The summed E-state index contributed by atoms with van der Waals surface area (Å²) < 4.78 is 0. The minimum atomic E-state index is -1.02. The summed E-state index contributed by atoms with van der Waals surface area (Å²) in [5.41, 5.74) is 1.71. The molecule has 0 amide bonds. The van der Waals surface area contributed by atoms with E-state index in [4.69, 9.17) is 5.11 Å². The van der Waals surface area contributed by atoms with E-state index in [0.717, 1.165) is 11.1 Å². The highest BCUT2D eigenvalue weighted by Gasteiger charge is 2.10. The first-order valence-corrected chi connectivity index (χ1v) is 5.68. The SMILES string of the molecule is CC(=O)Cc1ccccc1CC(O)NCC(=O)O. The Bertz CT molecular complexity index is 431. The maximum Gasteiger partial charge on any atom is 0.317 e. The van der Waals surface area contributed by atoms with Crippen LogP contribution in [0.3, 0.4) is 0 Å². The van der Waals surface area contributed by atoms with Crippen molar-refractivity contribution in [2.24, 2.45) is 0 Å². The van der Waals surface area contributed by atoms with Crippen LogP contribution >= 0.6 is 0 Å². The molecule has 0 saturated carbocycles. The second-order valence-corrected chi connectivity index (χ2v) is 4.14. The normalized spacial score (nSPS) is 12.1. The molecule has 1 aromatic rings. The monoisotopic (exact) mass is 251 g/mol. The summed E-state index contributed by atoms with van der Waals surface area (Å²) in [6.07, 6.45) is -0.340. The molecule has 0 fully saturated rings. The molecular formula is C13H17NO4. The number of hydrogen-bond donors (Lipinski definition) is 3. The first-order chi connectivity index (χ1) is 8.49. The molecule has 0 aliphatic heterocycles. The number of rotatable bonds is 7. The van der Waals surface area contributed by atoms with Gasteiger partial charge in [-0.1, -0.05) is 24.3 Å². The summed E-state index contributed by atoms with van der Waals surface area (Å²) in [6.45, 7) is 1.21. The Morgan fingerprint density at radius 3 is 2.44 bits per heavy atom. The topological polar surface area (TPSA) is 86.6 Å². The van der Waals surface area contributed by atoms with Gasteiger partial charge in [0.1, 0.15) is 12.0 Å². The molecule has 1 unspecified atom stereocenters. The van der Waals surface area contributed by atoms with Crippen molar-refractivity contribution in [1.82, 2.24) is 5.32 Å². The molecule has 5 heteroatoms. The number of Topliss-reactive ketones (excluding diaryl/α,β-unsaturated/α-hetero) is 1. The number of nitrogens with one attached hydrogen (secondary N) is 1. The van der Waals surface area contributed by atoms with E-state index in [2.05, 4.69) is 5.32 Å². The number of benzene rings is 1. The van der Waals surface area contributed by atoms with Gasteiger partial charge in [-0.05, 0) is 18.1 Å². The smallest absolute Gasteiger partial charge is 0.317 e. The van der Waals surface area contributed by atoms with Gasteiger partial charge in [0.05, 0.1) is 6.54 Å². The van der Waals surface area contributed by atoms with Gasteiger partial charge in [0, 0.05) is 12.8 Å². The summed E-state index contributed by atoms with van der Waals surface area (Å²) in [5.74, 6) is -0.971. The van der Waals surface area contributed by atoms with Crippen LogP contribution in [-0.4, -0.2) is 34.7 Å². The second-order valence-electron chi connectivity index (χ2n) is 4.14. The second kappa shape index (κ2) is 6.88. The average Bonchev–Trinajstić information content (AvgIpc) is 2.28. The van der Waals surface area contributed by atoms with Gasteiger partial charge in [-0.3, -0.25) is 14.9 Å². The van der Waals surface area contributed by atoms with Crippen LogP contribution in [0.4, 0.5) is 0 Å². The molecule has 0 aromatic heterocycles. The predicted molar refractivity (Wildman–Crippen MR) is 66.2 cm³/mol. The highest BCUT2D eigenvalue weighted by atomic mass is 16.4. The summed E-state index contributed by atoms with van der Waals surface area (Å²) >= 11 is 0. The number of carbonyl (C=O) groups excluding carboxylic acids is 1.